The molecule has 122 valence electrons. The second kappa shape index (κ2) is 7.08. The predicted molar refractivity (Wildman–Crippen MR) is 93.8 cm³/mol. The lowest BCUT2D eigenvalue weighted by Gasteiger charge is -2.33. The van der Waals surface area contributed by atoms with E-state index < -0.39 is 0 Å². The van der Waals surface area contributed by atoms with E-state index in [1.54, 1.807) is 24.3 Å². The Bertz CT molecular complexity index is 615. The van der Waals surface area contributed by atoms with Crippen LogP contribution in [0, 0.1) is 11.8 Å². The Morgan fingerprint density at radius 1 is 0.913 bits per heavy atom. The van der Waals surface area contributed by atoms with E-state index in [-0.39, 0.29) is 0 Å². The predicted octanol–water partition coefficient (Wildman–Crippen LogP) is 5.25. The first-order valence-corrected chi connectivity index (χ1v) is 8.68. The van der Waals surface area contributed by atoms with Crippen molar-refractivity contribution in [3.05, 3.63) is 59.7 Å². The van der Waals surface area contributed by atoms with Gasteiger partial charge in [-0.15, -0.1) is 0 Å². The normalized spacial score (nSPS) is 22.7. The Labute approximate surface area is 138 Å². The van der Waals surface area contributed by atoms with Crippen LogP contribution in [0.3, 0.4) is 0 Å². The maximum absolute atomic E-state index is 9.46. The summed E-state index contributed by atoms with van der Waals surface area (Å²) in [6, 6.07) is 15.4. The van der Waals surface area contributed by atoms with E-state index in [9.17, 15) is 10.2 Å². The minimum atomic E-state index is 0.339. The van der Waals surface area contributed by atoms with E-state index >= 15 is 0 Å². The van der Waals surface area contributed by atoms with Crippen LogP contribution in [0.2, 0.25) is 0 Å². The van der Waals surface area contributed by atoms with Crippen LogP contribution in [0.25, 0.3) is 0 Å². The summed E-state index contributed by atoms with van der Waals surface area (Å²) in [7, 11) is 0. The summed E-state index contributed by atoms with van der Waals surface area (Å²) in [6.45, 7) is 2.36. The summed E-state index contributed by atoms with van der Waals surface area (Å²) in [4.78, 5) is 0. The molecule has 0 heterocycles. The Hall–Kier alpha value is -1.96. The van der Waals surface area contributed by atoms with Crippen molar-refractivity contribution >= 4 is 0 Å². The first kappa shape index (κ1) is 15.9. The molecule has 2 aromatic carbocycles. The fourth-order valence-electron chi connectivity index (χ4n) is 3.96. The monoisotopic (exact) mass is 310 g/mol. The van der Waals surface area contributed by atoms with Gasteiger partial charge in [-0.2, -0.15) is 0 Å². The zero-order valence-electron chi connectivity index (χ0n) is 13.8. The molecule has 2 nitrogen and oxygen atoms in total. The highest BCUT2D eigenvalue weighted by atomic mass is 16.3. The summed E-state index contributed by atoms with van der Waals surface area (Å²) in [5, 5.41) is 18.9. The van der Waals surface area contributed by atoms with Gasteiger partial charge in [0.25, 0.3) is 0 Å². The SMILES string of the molecule is CC(Cc1ccc(O)cc1)C1CCCC(c2ccc(O)cc2)C1. The maximum atomic E-state index is 9.46. The number of hydrogen-bond acceptors (Lipinski definition) is 2. The van der Waals surface area contributed by atoms with Gasteiger partial charge in [0.2, 0.25) is 0 Å². The van der Waals surface area contributed by atoms with Crippen LogP contribution >= 0.6 is 0 Å². The molecular weight excluding hydrogens is 284 g/mol. The van der Waals surface area contributed by atoms with Crippen molar-refractivity contribution in [1.82, 2.24) is 0 Å². The van der Waals surface area contributed by atoms with Gasteiger partial charge in [0, 0.05) is 0 Å². The van der Waals surface area contributed by atoms with E-state index in [0.717, 1.165) is 12.3 Å². The molecule has 1 fully saturated rings. The quantitative estimate of drug-likeness (QED) is 0.809. The average Bonchev–Trinajstić information content (AvgIpc) is 2.58. The molecule has 1 aliphatic carbocycles. The van der Waals surface area contributed by atoms with Crippen molar-refractivity contribution in [2.24, 2.45) is 11.8 Å². The fraction of sp³-hybridized carbons (Fsp3) is 0.429. The number of phenols is 2. The summed E-state index contributed by atoms with van der Waals surface area (Å²) in [5.41, 5.74) is 2.67. The van der Waals surface area contributed by atoms with Gasteiger partial charge in [-0.1, -0.05) is 44.0 Å². The minimum absolute atomic E-state index is 0.339. The van der Waals surface area contributed by atoms with Crippen molar-refractivity contribution in [2.75, 3.05) is 0 Å². The average molecular weight is 310 g/mol. The first-order chi connectivity index (χ1) is 11.1. The van der Waals surface area contributed by atoms with Crippen LogP contribution in [-0.2, 0) is 6.42 Å². The molecule has 0 saturated heterocycles. The summed E-state index contributed by atoms with van der Waals surface area (Å²) >= 11 is 0. The number of benzene rings is 2. The first-order valence-electron chi connectivity index (χ1n) is 8.68. The van der Waals surface area contributed by atoms with Gasteiger partial charge in [0.1, 0.15) is 11.5 Å². The maximum Gasteiger partial charge on any atom is 0.115 e. The highest BCUT2D eigenvalue weighted by molar-refractivity contribution is 5.29. The van der Waals surface area contributed by atoms with Crippen molar-refractivity contribution in [3.63, 3.8) is 0 Å². The summed E-state index contributed by atoms with van der Waals surface area (Å²) in [6.07, 6.45) is 6.18. The van der Waals surface area contributed by atoms with E-state index in [2.05, 4.69) is 19.1 Å². The van der Waals surface area contributed by atoms with Crippen LogP contribution in [0.1, 0.15) is 49.7 Å². The summed E-state index contributed by atoms with van der Waals surface area (Å²) in [5.74, 6) is 2.71. The minimum Gasteiger partial charge on any atom is -0.508 e. The van der Waals surface area contributed by atoms with Gasteiger partial charge >= 0.3 is 0 Å². The molecule has 2 heteroatoms. The van der Waals surface area contributed by atoms with Crippen LogP contribution in [0.4, 0.5) is 0 Å². The molecule has 0 radical (unpaired) electrons. The third-order valence-electron chi connectivity index (χ3n) is 5.38. The van der Waals surface area contributed by atoms with Crippen molar-refractivity contribution in [2.45, 2.75) is 44.9 Å². The van der Waals surface area contributed by atoms with Crippen molar-refractivity contribution < 1.29 is 10.2 Å². The van der Waals surface area contributed by atoms with Crippen molar-refractivity contribution in [3.8, 4) is 11.5 Å². The van der Waals surface area contributed by atoms with Gasteiger partial charge < -0.3 is 10.2 Å². The zero-order chi connectivity index (χ0) is 16.2. The second-order valence-electron chi connectivity index (χ2n) is 7.06. The number of rotatable bonds is 4. The molecule has 0 aliphatic heterocycles. The third-order valence-corrected chi connectivity index (χ3v) is 5.38. The highest BCUT2D eigenvalue weighted by Gasteiger charge is 2.27. The lowest BCUT2D eigenvalue weighted by molar-refractivity contribution is 0.240. The molecule has 3 unspecified atom stereocenters. The molecule has 1 aliphatic rings. The van der Waals surface area contributed by atoms with E-state index in [0.29, 0.717) is 23.3 Å². The smallest absolute Gasteiger partial charge is 0.115 e. The molecule has 2 aromatic rings. The molecule has 23 heavy (non-hydrogen) atoms. The lowest BCUT2D eigenvalue weighted by atomic mass is 9.72. The second-order valence-corrected chi connectivity index (χ2v) is 7.06. The molecule has 1 saturated carbocycles. The fourth-order valence-corrected chi connectivity index (χ4v) is 3.96. The molecule has 3 rings (SSSR count). The summed E-state index contributed by atoms with van der Waals surface area (Å²) < 4.78 is 0. The van der Waals surface area contributed by atoms with Crippen LogP contribution in [0.15, 0.2) is 48.5 Å². The zero-order valence-corrected chi connectivity index (χ0v) is 13.8. The molecule has 0 aromatic heterocycles. The Morgan fingerprint density at radius 3 is 2.17 bits per heavy atom. The molecular formula is C21H26O2. The number of phenolic OH excluding ortho intramolecular Hbond substituents is 2. The van der Waals surface area contributed by atoms with Gasteiger partial charge in [-0.25, -0.2) is 0 Å². The van der Waals surface area contributed by atoms with Crippen LogP contribution in [0.5, 0.6) is 11.5 Å². The Kier molecular flexibility index (Phi) is 4.90. The van der Waals surface area contributed by atoms with Crippen LogP contribution < -0.4 is 0 Å². The van der Waals surface area contributed by atoms with Crippen molar-refractivity contribution in [1.29, 1.82) is 0 Å². The van der Waals surface area contributed by atoms with E-state index in [1.165, 1.54) is 36.8 Å². The lowest BCUT2D eigenvalue weighted by Crippen LogP contribution is -2.21. The van der Waals surface area contributed by atoms with Crippen LogP contribution in [-0.4, -0.2) is 10.2 Å². The molecule has 3 atom stereocenters. The Balaban J connectivity index is 1.63. The molecule has 0 spiro atoms. The number of hydrogen-bond donors (Lipinski definition) is 2. The van der Waals surface area contributed by atoms with Gasteiger partial charge in [-0.05, 0) is 72.4 Å². The standard InChI is InChI=1S/C21H26O2/c1-15(13-16-5-9-20(22)10-6-16)18-3-2-4-19(14-18)17-7-11-21(23)12-8-17/h5-12,15,18-19,22-23H,2-4,13-14H2,1H3. The van der Waals surface area contributed by atoms with Gasteiger partial charge in [0.15, 0.2) is 0 Å². The van der Waals surface area contributed by atoms with Gasteiger partial charge in [-0.3, -0.25) is 0 Å². The van der Waals surface area contributed by atoms with Gasteiger partial charge in [0.05, 0.1) is 0 Å². The highest BCUT2D eigenvalue weighted by Crippen LogP contribution is 2.40. The van der Waals surface area contributed by atoms with E-state index in [4.69, 9.17) is 0 Å². The topological polar surface area (TPSA) is 40.5 Å². The van der Waals surface area contributed by atoms with E-state index in [1.807, 2.05) is 12.1 Å². The third kappa shape index (κ3) is 4.07. The molecule has 2 N–H and O–H groups in total. The largest absolute Gasteiger partial charge is 0.508 e. The number of aromatic hydroxyl groups is 2. The molecule has 0 bridgehead atoms. The molecule has 0 amide bonds. The Morgan fingerprint density at radius 2 is 1.52 bits per heavy atom.